The fourth-order valence-corrected chi connectivity index (χ4v) is 4.96. The molecule has 4 amide bonds. The number of primary amides is 1. The number of benzene rings is 1. The van der Waals surface area contributed by atoms with Crippen LogP contribution in [0.5, 0.6) is 0 Å². The van der Waals surface area contributed by atoms with Gasteiger partial charge in [0.1, 0.15) is 18.1 Å². The Kier molecular flexibility index (Phi) is 11.2. The molecule has 0 saturated carbocycles. The van der Waals surface area contributed by atoms with E-state index < -0.39 is 53.8 Å². The maximum atomic E-state index is 13.7. The molecule has 15 heteroatoms. The molecule has 42 heavy (non-hydrogen) atoms. The van der Waals surface area contributed by atoms with Gasteiger partial charge in [-0.3, -0.25) is 24.2 Å². The number of carboxylic acids is 1. The molecule has 0 radical (unpaired) electrons. The smallest absolute Gasteiger partial charge is 0.326 e. The van der Waals surface area contributed by atoms with Crippen molar-refractivity contribution in [2.45, 2.75) is 69.1 Å². The van der Waals surface area contributed by atoms with Crippen molar-refractivity contribution >= 4 is 46.5 Å². The van der Waals surface area contributed by atoms with E-state index in [2.05, 4.69) is 20.6 Å². The highest BCUT2D eigenvalue weighted by molar-refractivity contribution is 5.95. The van der Waals surface area contributed by atoms with Crippen molar-refractivity contribution < 1.29 is 29.1 Å². The molecule has 1 aromatic heterocycles. The number of nitrogens with zero attached hydrogens (tertiary/aromatic N) is 2. The molecule has 12 N–H and O–H groups in total. The quantitative estimate of drug-likeness (QED) is 0.0678. The topological polar surface area (TPSA) is 265 Å². The molecule has 4 unspecified atom stereocenters. The Morgan fingerprint density at radius 3 is 2.45 bits per heavy atom. The van der Waals surface area contributed by atoms with Gasteiger partial charge in [0, 0.05) is 43.0 Å². The Morgan fingerprint density at radius 2 is 1.76 bits per heavy atom. The van der Waals surface area contributed by atoms with Gasteiger partial charge in [-0.15, -0.1) is 0 Å². The van der Waals surface area contributed by atoms with E-state index in [1.54, 1.807) is 6.20 Å². The molecular formula is C27H39N9O6. The zero-order valence-corrected chi connectivity index (χ0v) is 23.3. The van der Waals surface area contributed by atoms with Crippen molar-refractivity contribution in [1.29, 1.82) is 0 Å². The number of likely N-dealkylation sites (tertiary alicyclic amines) is 1. The maximum absolute atomic E-state index is 13.7. The van der Waals surface area contributed by atoms with E-state index in [1.165, 1.54) is 4.90 Å². The van der Waals surface area contributed by atoms with Crippen LogP contribution in [0.25, 0.3) is 10.9 Å². The number of carboxylic acid groups (broad SMARTS) is 1. The molecule has 1 aliphatic rings. The van der Waals surface area contributed by atoms with Gasteiger partial charge < -0.3 is 48.6 Å². The van der Waals surface area contributed by atoms with Crippen molar-refractivity contribution in [3.63, 3.8) is 0 Å². The summed E-state index contributed by atoms with van der Waals surface area (Å²) in [5.41, 5.74) is 23.4. The number of H-pyrrole nitrogens is 1. The Balaban J connectivity index is 1.81. The number of rotatable bonds is 15. The van der Waals surface area contributed by atoms with Crippen molar-refractivity contribution in [2.75, 3.05) is 13.1 Å². The lowest BCUT2D eigenvalue weighted by molar-refractivity contribution is -0.149. The second-order valence-electron chi connectivity index (χ2n) is 10.3. The van der Waals surface area contributed by atoms with Crippen molar-refractivity contribution in [2.24, 2.45) is 27.9 Å². The van der Waals surface area contributed by atoms with Crippen LogP contribution in [0, 0.1) is 0 Å². The molecule has 0 spiro atoms. The number of aromatic amines is 1. The number of guanidine groups is 1. The zero-order chi connectivity index (χ0) is 30.8. The summed E-state index contributed by atoms with van der Waals surface area (Å²) in [6, 6.07) is 3.03. The van der Waals surface area contributed by atoms with E-state index in [0.29, 0.717) is 19.3 Å². The first-order chi connectivity index (χ1) is 20.0. The summed E-state index contributed by atoms with van der Waals surface area (Å²) >= 11 is 0. The van der Waals surface area contributed by atoms with Gasteiger partial charge in [0.25, 0.3) is 0 Å². The van der Waals surface area contributed by atoms with Gasteiger partial charge in [-0.2, -0.15) is 0 Å². The van der Waals surface area contributed by atoms with Gasteiger partial charge in [-0.25, -0.2) is 4.79 Å². The van der Waals surface area contributed by atoms with Gasteiger partial charge in [0.05, 0.1) is 6.04 Å². The molecular weight excluding hydrogens is 546 g/mol. The second-order valence-corrected chi connectivity index (χ2v) is 10.3. The number of amides is 4. The van der Waals surface area contributed by atoms with Crippen LogP contribution in [0.15, 0.2) is 35.5 Å². The molecule has 0 bridgehead atoms. The van der Waals surface area contributed by atoms with E-state index in [0.717, 1.165) is 16.5 Å². The minimum atomic E-state index is -1.24. The molecule has 228 valence electrons. The van der Waals surface area contributed by atoms with Gasteiger partial charge in [-0.1, -0.05) is 18.2 Å². The first kappa shape index (κ1) is 31.9. The van der Waals surface area contributed by atoms with Gasteiger partial charge in [0.15, 0.2) is 5.96 Å². The number of aliphatic imine (C=N–C) groups is 1. The zero-order valence-electron chi connectivity index (χ0n) is 23.3. The Hall–Kier alpha value is -4.66. The van der Waals surface area contributed by atoms with Gasteiger partial charge >= 0.3 is 5.97 Å². The first-order valence-corrected chi connectivity index (χ1v) is 13.8. The Labute approximate surface area is 242 Å². The fourth-order valence-electron chi connectivity index (χ4n) is 4.96. The van der Waals surface area contributed by atoms with Crippen LogP contribution >= 0.6 is 0 Å². The van der Waals surface area contributed by atoms with Crippen molar-refractivity contribution in [3.05, 3.63) is 36.0 Å². The third kappa shape index (κ3) is 8.67. The molecule has 4 atom stereocenters. The lowest BCUT2D eigenvalue weighted by Crippen LogP contribution is -2.57. The number of nitrogens with two attached hydrogens (primary N) is 4. The van der Waals surface area contributed by atoms with Crippen LogP contribution in [-0.4, -0.2) is 87.8 Å². The Morgan fingerprint density at radius 1 is 1.05 bits per heavy atom. The third-order valence-electron chi connectivity index (χ3n) is 7.15. The minimum absolute atomic E-state index is 0.0538. The molecule has 1 aliphatic heterocycles. The highest BCUT2D eigenvalue weighted by Crippen LogP contribution is 2.23. The predicted octanol–water partition coefficient (Wildman–Crippen LogP) is -1.60. The first-order valence-electron chi connectivity index (χ1n) is 13.8. The lowest BCUT2D eigenvalue weighted by atomic mass is 10.0. The van der Waals surface area contributed by atoms with Crippen molar-refractivity contribution in [1.82, 2.24) is 20.5 Å². The summed E-state index contributed by atoms with van der Waals surface area (Å²) in [4.78, 5) is 71.6. The van der Waals surface area contributed by atoms with E-state index in [9.17, 15) is 29.1 Å². The van der Waals surface area contributed by atoms with Crippen LogP contribution in [0.3, 0.4) is 0 Å². The minimum Gasteiger partial charge on any atom is -0.480 e. The van der Waals surface area contributed by atoms with E-state index in [-0.39, 0.29) is 44.7 Å². The second kappa shape index (κ2) is 14.8. The highest BCUT2D eigenvalue weighted by Gasteiger charge is 2.38. The fraction of sp³-hybridized carbons (Fsp3) is 0.481. The van der Waals surface area contributed by atoms with E-state index in [4.69, 9.17) is 22.9 Å². The summed E-state index contributed by atoms with van der Waals surface area (Å²) in [7, 11) is 0. The van der Waals surface area contributed by atoms with Gasteiger partial charge in [-0.05, 0) is 43.7 Å². The van der Waals surface area contributed by atoms with Crippen LogP contribution in [0.4, 0.5) is 0 Å². The molecule has 1 aromatic carbocycles. The van der Waals surface area contributed by atoms with E-state index >= 15 is 0 Å². The number of carbonyl (C=O) groups is 5. The number of hydrogen-bond donors (Lipinski definition) is 8. The monoisotopic (exact) mass is 585 g/mol. The number of aromatic nitrogens is 1. The van der Waals surface area contributed by atoms with Gasteiger partial charge in [0.2, 0.25) is 23.6 Å². The number of fused-ring (bicyclic) bond motifs is 1. The summed E-state index contributed by atoms with van der Waals surface area (Å²) in [6.45, 7) is 0.493. The maximum Gasteiger partial charge on any atom is 0.326 e. The number of hydrogen-bond acceptors (Lipinski definition) is 7. The van der Waals surface area contributed by atoms with Crippen LogP contribution in [0.1, 0.15) is 44.1 Å². The number of carbonyl (C=O) groups excluding carboxylic acids is 4. The molecule has 15 nitrogen and oxygen atoms in total. The number of nitrogens with one attached hydrogen (secondary N) is 3. The standard InChI is InChI=1S/C27H39N9O6/c28-17(6-3-11-32-27(30)31)23(38)34-19(9-10-22(29)37)24(39)35-20(25(40)36-12-4-8-21(36)26(41)42)13-15-14-33-18-7-2-1-5-16(15)18/h1-2,5,7,14,17,19-21,33H,3-4,6,8-13,28H2,(H2,29,37)(H,34,38)(H,35,39)(H,41,42)(H4,30,31,32). The summed E-state index contributed by atoms with van der Waals surface area (Å²) in [6.07, 6.45) is 2.87. The average Bonchev–Trinajstić information content (AvgIpc) is 3.60. The summed E-state index contributed by atoms with van der Waals surface area (Å²) in [5.74, 6) is -3.84. The number of aliphatic carboxylic acids is 1. The normalized spacial score (nSPS) is 16.8. The number of para-hydroxylation sites is 1. The molecule has 2 aromatic rings. The Bertz CT molecular complexity index is 1320. The van der Waals surface area contributed by atoms with Crippen LogP contribution in [-0.2, 0) is 30.4 Å². The summed E-state index contributed by atoms with van der Waals surface area (Å²) in [5, 5.41) is 15.7. The predicted molar refractivity (Wildman–Crippen MR) is 155 cm³/mol. The molecule has 1 fully saturated rings. The van der Waals surface area contributed by atoms with Crippen LogP contribution < -0.4 is 33.6 Å². The summed E-state index contributed by atoms with van der Waals surface area (Å²) < 4.78 is 0. The highest BCUT2D eigenvalue weighted by atomic mass is 16.4. The molecule has 3 rings (SSSR count). The molecule has 1 saturated heterocycles. The third-order valence-corrected chi connectivity index (χ3v) is 7.15. The largest absolute Gasteiger partial charge is 0.480 e. The lowest BCUT2D eigenvalue weighted by Gasteiger charge is -2.29. The van der Waals surface area contributed by atoms with Crippen molar-refractivity contribution in [3.8, 4) is 0 Å². The molecule has 0 aliphatic carbocycles. The molecule has 2 heterocycles. The average molecular weight is 586 g/mol. The van der Waals surface area contributed by atoms with Crippen LogP contribution in [0.2, 0.25) is 0 Å². The SMILES string of the molecule is NC(=O)CCC(NC(=O)C(N)CCCN=C(N)N)C(=O)NC(Cc1c[nH]c2ccccc12)C(=O)N1CCCC1C(=O)O. The van der Waals surface area contributed by atoms with E-state index in [1.807, 2.05) is 24.3 Å².